The van der Waals surface area contributed by atoms with Crippen molar-refractivity contribution in [3.05, 3.63) is 48.0 Å². The molecular weight excluding hydrogens is 240 g/mol. The number of hydrogen-bond donors (Lipinski definition) is 1. The summed E-state index contributed by atoms with van der Waals surface area (Å²) in [5, 5.41) is 12.2. The smallest absolute Gasteiger partial charge is 0.308 e. The second-order valence-electron chi connectivity index (χ2n) is 4.55. The topological polar surface area (TPSA) is 46.5 Å². The number of aliphatic hydroxyl groups is 1. The van der Waals surface area contributed by atoms with Crippen molar-refractivity contribution in [1.82, 2.24) is 0 Å². The Morgan fingerprint density at radius 2 is 1.95 bits per heavy atom. The number of fused-ring (bicyclic) bond motifs is 1. The third-order valence-corrected chi connectivity index (χ3v) is 2.99. The molecule has 1 N–H and O–H groups in total. The summed E-state index contributed by atoms with van der Waals surface area (Å²) in [6.45, 7) is 2.11. The maximum absolute atomic E-state index is 11.3. The molecule has 0 aliphatic carbocycles. The number of benzene rings is 2. The molecule has 0 aromatic heterocycles. The number of rotatable bonds is 5. The van der Waals surface area contributed by atoms with E-state index >= 15 is 0 Å². The van der Waals surface area contributed by atoms with E-state index in [4.69, 9.17) is 4.74 Å². The summed E-state index contributed by atoms with van der Waals surface area (Å²) in [4.78, 5) is 11.3. The highest BCUT2D eigenvalue weighted by Crippen LogP contribution is 2.17. The van der Waals surface area contributed by atoms with Crippen LogP contribution in [0.25, 0.3) is 10.8 Å². The minimum Gasteiger partial charge on any atom is -0.466 e. The van der Waals surface area contributed by atoms with Gasteiger partial charge in [-0.1, -0.05) is 42.5 Å². The predicted octanol–water partition coefficient (Wildman–Crippen LogP) is 2.70. The fraction of sp³-hybridized carbons (Fsp3) is 0.312. The van der Waals surface area contributed by atoms with Gasteiger partial charge in [0, 0.05) is 0 Å². The van der Waals surface area contributed by atoms with Crippen LogP contribution in [0.2, 0.25) is 0 Å². The van der Waals surface area contributed by atoms with Crippen LogP contribution < -0.4 is 0 Å². The second kappa shape index (κ2) is 6.34. The van der Waals surface area contributed by atoms with Crippen molar-refractivity contribution in [2.24, 2.45) is 0 Å². The number of aliphatic hydroxyl groups excluding tert-OH is 1. The van der Waals surface area contributed by atoms with E-state index in [1.54, 1.807) is 6.92 Å². The maximum atomic E-state index is 11.3. The molecule has 3 heteroatoms. The molecule has 0 aliphatic heterocycles. The summed E-state index contributed by atoms with van der Waals surface area (Å²) in [5.41, 5.74) is 1.02. The largest absolute Gasteiger partial charge is 0.466 e. The summed E-state index contributed by atoms with van der Waals surface area (Å²) in [7, 11) is 0. The van der Waals surface area contributed by atoms with Gasteiger partial charge < -0.3 is 9.84 Å². The predicted molar refractivity (Wildman–Crippen MR) is 74.9 cm³/mol. The van der Waals surface area contributed by atoms with Gasteiger partial charge in [0.25, 0.3) is 0 Å². The summed E-state index contributed by atoms with van der Waals surface area (Å²) in [6.07, 6.45) is -0.190. The Bertz CT molecular complexity index is 563. The average molecular weight is 258 g/mol. The van der Waals surface area contributed by atoms with Crippen LogP contribution in [0, 0.1) is 0 Å². The van der Waals surface area contributed by atoms with Crippen LogP contribution in [0.5, 0.6) is 0 Å². The van der Waals surface area contributed by atoms with Crippen molar-refractivity contribution in [2.75, 3.05) is 6.61 Å². The molecular formula is C16H18O3. The lowest BCUT2D eigenvalue weighted by Crippen LogP contribution is -2.18. The minimum absolute atomic E-state index is 0.0423. The summed E-state index contributed by atoms with van der Waals surface area (Å²) in [5.74, 6) is -0.351. The van der Waals surface area contributed by atoms with E-state index in [1.807, 2.05) is 42.5 Å². The van der Waals surface area contributed by atoms with Crippen LogP contribution in [0.4, 0.5) is 0 Å². The molecule has 0 unspecified atom stereocenters. The molecule has 0 fully saturated rings. The van der Waals surface area contributed by atoms with Gasteiger partial charge in [-0.15, -0.1) is 0 Å². The fourth-order valence-electron chi connectivity index (χ4n) is 2.12. The van der Waals surface area contributed by atoms with Crippen molar-refractivity contribution >= 4 is 16.7 Å². The van der Waals surface area contributed by atoms with Gasteiger partial charge in [0.15, 0.2) is 0 Å². The molecule has 0 heterocycles. The average Bonchev–Trinajstić information content (AvgIpc) is 2.38. The quantitative estimate of drug-likeness (QED) is 0.839. The number of carbonyl (C=O) groups excluding carboxylic acids is 1. The first-order chi connectivity index (χ1) is 9.19. The fourth-order valence-corrected chi connectivity index (χ4v) is 2.12. The van der Waals surface area contributed by atoms with E-state index in [9.17, 15) is 9.90 Å². The van der Waals surface area contributed by atoms with Gasteiger partial charge in [-0.3, -0.25) is 4.79 Å². The third kappa shape index (κ3) is 3.80. The first-order valence-corrected chi connectivity index (χ1v) is 6.50. The number of hydrogen-bond acceptors (Lipinski definition) is 3. The highest BCUT2D eigenvalue weighted by Gasteiger charge is 2.12. The molecule has 0 saturated carbocycles. The zero-order chi connectivity index (χ0) is 13.7. The second-order valence-corrected chi connectivity index (χ2v) is 4.55. The van der Waals surface area contributed by atoms with Gasteiger partial charge in [-0.05, 0) is 29.7 Å². The molecule has 100 valence electrons. The molecule has 0 spiro atoms. The lowest BCUT2D eigenvalue weighted by Gasteiger charge is -2.10. The number of ether oxygens (including phenoxy) is 1. The molecule has 0 amide bonds. The number of esters is 1. The standard InChI is InChI=1S/C16H18O3/c1-2-19-16(18)11-15(17)10-12-7-8-13-5-3-4-6-14(13)9-12/h3-9,15,17H,2,10-11H2,1H3/t15-/m0/s1. The Morgan fingerprint density at radius 1 is 1.21 bits per heavy atom. The van der Waals surface area contributed by atoms with Crippen LogP contribution in [0.3, 0.4) is 0 Å². The molecule has 2 rings (SSSR count). The van der Waals surface area contributed by atoms with Crippen molar-refractivity contribution < 1.29 is 14.6 Å². The lowest BCUT2D eigenvalue weighted by atomic mass is 10.0. The van der Waals surface area contributed by atoms with Crippen LogP contribution in [-0.4, -0.2) is 23.8 Å². The minimum atomic E-state index is -0.694. The molecule has 0 saturated heterocycles. The lowest BCUT2D eigenvalue weighted by molar-refractivity contribution is -0.145. The van der Waals surface area contributed by atoms with E-state index < -0.39 is 6.10 Å². The van der Waals surface area contributed by atoms with Crippen molar-refractivity contribution in [3.63, 3.8) is 0 Å². The Morgan fingerprint density at radius 3 is 2.68 bits per heavy atom. The monoisotopic (exact) mass is 258 g/mol. The van der Waals surface area contributed by atoms with Crippen LogP contribution >= 0.6 is 0 Å². The van der Waals surface area contributed by atoms with Crippen LogP contribution in [0.1, 0.15) is 18.9 Å². The Kier molecular flexibility index (Phi) is 4.53. The van der Waals surface area contributed by atoms with Gasteiger partial charge in [-0.25, -0.2) is 0 Å². The summed E-state index contributed by atoms with van der Waals surface area (Å²) < 4.78 is 4.82. The molecule has 2 aromatic rings. The first-order valence-electron chi connectivity index (χ1n) is 6.50. The molecule has 2 aromatic carbocycles. The third-order valence-electron chi connectivity index (χ3n) is 2.99. The molecule has 3 nitrogen and oxygen atoms in total. The van der Waals surface area contributed by atoms with Crippen LogP contribution in [0.15, 0.2) is 42.5 Å². The van der Waals surface area contributed by atoms with E-state index in [0.29, 0.717) is 13.0 Å². The molecule has 0 aliphatic rings. The van der Waals surface area contributed by atoms with E-state index in [2.05, 4.69) is 0 Å². The number of carbonyl (C=O) groups is 1. The van der Waals surface area contributed by atoms with E-state index in [-0.39, 0.29) is 12.4 Å². The van der Waals surface area contributed by atoms with E-state index in [0.717, 1.165) is 10.9 Å². The zero-order valence-corrected chi connectivity index (χ0v) is 11.0. The highest BCUT2D eigenvalue weighted by atomic mass is 16.5. The highest BCUT2D eigenvalue weighted by molar-refractivity contribution is 5.83. The van der Waals surface area contributed by atoms with Crippen molar-refractivity contribution in [3.8, 4) is 0 Å². The Labute approximate surface area is 112 Å². The molecule has 0 bridgehead atoms. The SMILES string of the molecule is CCOC(=O)C[C@@H](O)Cc1ccc2ccccc2c1. The Hall–Kier alpha value is -1.87. The van der Waals surface area contributed by atoms with Crippen molar-refractivity contribution in [2.45, 2.75) is 25.9 Å². The van der Waals surface area contributed by atoms with Gasteiger partial charge >= 0.3 is 5.97 Å². The van der Waals surface area contributed by atoms with E-state index in [1.165, 1.54) is 5.39 Å². The van der Waals surface area contributed by atoms with Gasteiger partial charge in [0.05, 0.1) is 19.1 Å². The normalized spacial score (nSPS) is 12.3. The van der Waals surface area contributed by atoms with Gasteiger partial charge in [0.1, 0.15) is 0 Å². The summed E-state index contributed by atoms with van der Waals surface area (Å²) >= 11 is 0. The summed E-state index contributed by atoms with van der Waals surface area (Å²) in [6, 6.07) is 14.1. The maximum Gasteiger partial charge on any atom is 0.308 e. The molecule has 1 atom stereocenters. The zero-order valence-electron chi connectivity index (χ0n) is 11.0. The van der Waals surface area contributed by atoms with Crippen LogP contribution in [-0.2, 0) is 16.0 Å². The Balaban J connectivity index is 2.02. The van der Waals surface area contributed by atoms with Crippen molar-refractivity contribution in [1.29, 1.82) is 0 Å². The molecule has 0 radical (unpaired) electrons. The van der Waals surface area contributed by atoms with Gasteiger partial charge in [0.2, 0.25) is 0 Å². The molecule has 19 heavy (non-hydrogen) atoms. The van der Waals surface area contributed by atoms with Gasteiger partial charge in [-0.2, -0.15) is 0 Å². The first kappa shape index (κ1) is 13.6.